The average molecular weight is 279 g/mol. The summed E-state index contributed by atoms with van der Waals surface area (Å²) in [6.45, 7) is 2.13. The molecule has 0 spiro atoms. The van der Waals surface area contributed by atoms with Crippen LogP contribution in [0.15, 0.2) is 54.6 Å². The van der Waals surface area contributed by atoms with Gasteiger partial charge in [0.15, 0.2) is 0 Å². The second kappa shape index (κ2) is 3.33. The lowest BCUT2D eigenvalue weighted by Crippen LogP contribution is -1.89. The zero-order valence-electron chi connectivity index (χ0n) is 12.2. The van der Waals surface area contributed by atoms with Gasteiger partial charge in [-0.15, -0.1) is 0 Å². The molecule has 1 heterocycles. The second-order valence-electron chi connectivity index (χ2n) is 6.40. The number of nitrogens with one attached hydrogen (secondary N) is 1. The number of aromatic nitrogens is 1. The summed E-state index contributed by atoms with van der Waals surface area (Å²) in [4.78, 5) is 3.52. The van der Waals surface area contributed by atoms with Crippen molar-refractivity contribution in [2.75, 3.05) is 0 Å². The Hall–Kier alpha value is -2.80. The van der Waals surface area contributed by atoms with Crippen LogP contribution in [0.25, 0.3) is 54.0 Å². The van der Waals surface area contributed by atoms with Crippen LogP contribution >= 0.6 is 0 Å². The van der Waals surface area contributed by atoms with Gasteiger partial charge in [-0.25, -0.2) is 0 Å². The maximum atomic E-state index is 3.52. The minimum Gasteiger partial charge on any atom is -0.358 e. The van der Waals surface area contributed by atoms with Crippen LogP contribution in [-0.4, -0.2) is 4.98 Å². The number of aryl methyl sites for hydroxylation is 1. The fourth-order valence-corrected chi connectivity index (χ4v) is 4.23. The SMILES string of the molecule is Cc1cc2c3cc4ccc5cccc6ccc(c3c2[nH]1)c4c56. The Bertz CT molecular complexity index is 1300. The molecule has 1 aromatic heterocycles. The molecule has 102 valence electrons. The highest BCUT2D eigenvalue weighted by molar-refractivity contribution is 6.38. The fourth-order valence-electron chi connectivity index (χ4n) is 4.23. The zero-order valence-corrected chi connectivity index (χ0v) is 12.2. The number of fused-ring (bicyclic) bond motifs is 5. The van der Waals surface area contributed by atoms with Crippen LogP contribution in [0.2, 0.25) is 0 Å². The lowest BCUT2D eigenvalue weighted by Gasteiger charge is -2.16. The first-order valence-electron chi connectivity index (χ1n) is 7.72. The topological polar surface area (TPSA) is 15.8 Å². The molecule has 0 aliphatic rings. The van der Waals surface area contributed by atoms with Crippen molar-refractivity contribution in [2.45, 2.75) is 6.92 Å². The van der Waals surface area contributed by atoms with E-state index in [-0.39, 0.29) is 0 Å². The van der Waals surface area contributed by atoms with E-state index < -0.39 is 0 Å². The largest absolute Gasteiger partial charge is 0.358 e. The van der Waals surface area contributed by atoms with Crippen molar-refractivity contribution in [3.63, 3.8) is 0 Å². The Kier molecular flexibility index (Phi) is 1.64. The molecule has 6 aromatic rings. The standard InChI is InChI=1S/C21H13N/c1-11-9-17-16-10-14-6-5-12-3-2-4-13-7-8-15(19(14)18(12)13)20(16)21(17)22-11/h2-10,22H,1H3. The molecule has 0 saturated heterocycles. The summed E-state index contributed by atoms with van der Waals surface area (Å²) in [7, 11) is 0. The smallest absolute Gasteiger partial charge is 0.0548 e. The number of aromatic amines is 1. The van der Waals surface area contributed by atoms with Gasteiger partial charge in [-0.05, 0) is 56.8 Å². The van der Waals surface area contributed by atoms with Crippen molar-refractivity contribution in [3.8, 4) is 0 Å². The van der Waals surface area contributed by atoms with E-state index in [1.54, 1.807) is 0 Å². The monoisotopic (exact) mass is 279 g/mol. The molecule has 1 N–H and O–H groups in total. The van der Waals surface area contributed by atoms with E-state index in [1.807, 2.05) is 0 Å². The molecule has 22 heavy (non-hydrogen) atoms. The molecule has 0 amide bonds. The molecule has 0 aliphatic heterocycles. The first-order valence-corrected chi connectivity index (χ1v) is 7.72. The van der Waals surface area contributed by atoms with E-state index in [0.29, 0.717) is 0 Å². The second-order valence-corrected chi connectivity index (χ2v) is 6.40. The van der Waals surface area contributed by atoms with Gasteiger partial charge < -0.3 is 4.98 Å². The van der Waals surface area contributed by atoms with Crippen molar-refractivity contribution >= 4 is 54.0 Å². The number of hydrogen-bond acceptors (Lipinski definition) is 0. The molecule has 0 radical (unpaired) electrons. The highest BCUT2D eigenvalue weighted by Gasteiger charge is 2.18. The number of hydrogen-bond donors (Lipinski definition) is 1. The summed E-state index contributed by atoms with van der Waals surface area (Å²) in [5.74, 6) is 0. The lowest BCUT2D eigenvalue weighted by atomic mass is 9.87. The van der Waals surface area contributed by atoms with Gasteiger partial charge in [-0.3, -0.25) is 0 Å². The Balaban J connectivity index is 2.01. The normalized spacial score (nSPS) is 12.8. The minimum absolute atomic E-state index is 1.24. The third kappa shape index (κ3) is 1.06. The Morgan fingerprint density at radius 3 is 2.27 bits per heavy atom. The molecule has 0 aliphatic carbocycles. The van der Waals surface area contributed by atoms with Crippen molar-refractivity contribution in [3.05, 3.63) is 60.3 Å². The number of H-pyrrole nitrogens is 1. The van der Waals surface area contributed by atoms with Gasteiger partial charge in [0.05, 0.1) is 5.52 Å². The third-order valence-corrected chi connectivity index (χ3v) is 5.14. The number of benzene rings is 4. The predicted molar refractivity (Wildman–Crippen MR) is 95.4 cm³/mol. The minimum atomic E-state index is 1.24. The molecule has 1 heteroatoms. The fraction of sp³-hybridized carbons (Fsp3) is 0.0476. The molecule has 0 unspecified atom stereocenters. The van der Waals surface area contributed by atoms with E-state index in [4.69, 9.17) is 0 Å². The summed E-state index contributed by atoms with van der Waals surface area (Å²) in [5.41, 5.74) is 2.55. The maximum Gasteiger partial charge on any atom is 0.0548 e. The summed E-state index contributed by atoms with van der Waals surface area (Å²) in [5, 5.41) is 12.4. The summed E-state index contributed by atoms with van der Waals surface area (Å²) in [6.07, 6.45) is 0. The quantitative estimate of drug-likeness (QED) is 0.330. The van der Waals surface area contributed by atoms with Crippen LogP contribution < -0.4 is 0 Å². The molecular weight excluding hydrogens is 266 g/mol. The van der Waals surface area contributed by atoms with E-state index in [9.17, 15) is 0 Å². The molecule has 0 saturated carbocycles. The Morgan fingerprint density at radius 2 is 1.41 bits per heavy atom. The van der Waals surface area contributed by atoms with Crippen LogP contribution in [-0.2, 0) is 0 Å². The van der Waals surface area contributed by atoms with Crippen molar-refractivity contribution in [1.82, 2.24) is 4.98 Å². The van der Waals surface area contributed by atoms with E-state index in [2.05, 4.69) is 66.5 Å². The van der Waals surface area contributed by atoms with E-state index in [1.165, 1.54) is 59.7 Å². The highest BCUT2D eigenvalue weighted by atomic mass is 14.7. The highest BCUT2D eigenvalue weighted by Crippen LogP contribution is 2.45. The van der Waals surface area contributed by atoms with Crippen LogP contribution in [0, 0.1) is 6.92 Å². The third-order valence-electron chi connectivity index (χ3n) is 5.14. The summed E-state index contributed by atoms with van der Waals surface area (Å²) >= 11 is 0. The summed E-state index contributed by atoms with van der Waals surface area (Å²) < 4.78 is 0. The Morgan fingerprint density at radius 1 is 0.636 bits per heavy atom. The van der Waals surface area contributed by atoms with Crippen molar-refractivity contribution in [2.24, 2.45) is 0 Å². The first kappa shape index (κ1) is 10.9. The van der Waals surface area contributed by atoms with Crippen LogP contribution in [0.3, 0.4) is 0 Å². The van der Waals surface area contributed by atoms with Crippen LogP contribution in [0.5, 0.6) is 0 Å². The van der Waals surface area contributed by atoms with Gasteiger partial charge in [0.25, 0.3) is 0 Å². The van der Waals surface area contributed by atoms with E-state index >= 15 is 0 Å². The van der Waals surface area contributed by atoms with Crippen LogP contribution in [0.1, 0.15) is 5.69 Å². The van der Waals surface area contributed by atoms with Gasteiger partial charge in [0, 0.05) is 16.5 Å². The van der Waals surface area contributed by atoms with Gasteiger partial charge in [0.2, 0.25) is 0 Å². The lowest BCUT2D eigenvalue weighted by molar-refractivity contribution is 1.31. The van der Waals surface area contributed by atoms with Crippen molar-refractivity contribution < 1.29 is 0 Å². The van der Waals surface area contributed by atoms with E-state index in [0.717, 1.165) is 0 Å². The summed E-state index contributed by atoms with van der Waals surface area (Å²) in [6, 6.07) is 20.3. The number of rotatable bonds is 0. The van der Waals surface area contributed by atoms with Gasteiger partial charge in [-0.2, -0.15) is 0 Å². The molecule has 5 aromatic carbocycles. The first-order chi connectivity index (χ1) is 10.8. The van der Waals surface area contributed by atoms with Crippen LogP contribution in [0.4, 0.5) is 0 Å². The molecular formula is C21H13N. The molecule has 0 fully saturated rings. The molecule has 6 rings (SSSR count). The zero-order chi connectivity index (χ0) is 14.4. The molecule has 0 bridgehead atoms. The van der Waals surface area contributed by atoms with Gasteiger partial charge >= 0.3 is 0 Å². The molecule has 0 atom stereocenters. The predicted octanol–water partition coefficient (Wildman–Crippen LogP) is 5.96. The average Bonchev–Trinajstić information content (AvgIpc) is 2.87. The molecule has 1 nitrogen and oxygen atoms in total. The maximum absolute atomic E-state index is 3.52. The Labute approximate surface area is 126 Å². The van der Waals surface area contributed by atoms with Crippen molar-refractivity contribution in [1.29, 1.82) is 0 Å². The van der Waals surface area contributed by atoms with Gasteiger partial charge in [-0.1, -0.05) is 42.5 Å². The van der Waals surface area contributed by atoms with Gasteiger partial charge in [0.1, 0.15) is 0 Å².